The van der Waals surface area contributed by atoms with Gasteiger partial charge < -0.3 is 1.43 Å². The molecule has 0 aromatic heterocycles. The average Bonchev–Trinajstić information content (AvgIpc) is 3.06. The van der Waals surface area contributed by atoms with E-state index in [0.29, 0.717) is 0 Å². The molecular weight excluding hydrogens is 550 g/mol. The fourth-order valence-electron chi connectivity index (χ4n) is 3.61. The van der Waals surface area contributed by atoms with Crippen molar-refractivity contribution in [2.45, 2.75) is 91.4 Å². The van der Waals surface area contributed by atoms with Crippen molar-refractivity contribution in [2.75, 3.05) is 0 Å². The molecular formula is C22H43Si4Yb-. The summed E-state index contributed by atoms with van der Waals surface area (Å²) in [5.41, 5.74) is 0. The molecule has 5 heteroatoms. The van der Waals surface area contributed by atoms with E-state index in [4.69, 9.17) is 0 Å². The van der Waals surface area contributed by atoms with E-state index in [1.807, 2.05) is 0 Å². The van der Waals surface area contributed by atoms with Crippen molar-refractivity contribution in [3.8, 4) is 0 Å². The minimum absolute atomic E-state index is 0. The number of hydrogen-bond acceptors (Lipinski definition) is 0. The van der Waals surface area contributed by atoms with Crippen molar-refractivity contribution >= 4 is 32.3 Å². The minimum Gasteiger partial charge on any atom is -1.00 e. The molecule has 162 valence electrons. The molecule has 0 saturated heterocycles. The van der Waals surface area contributed by atoms with Crippen LogP contribution in [0, 0.1) is 59.1 Å². The summed E-state index contributed by atoms with van der Waals surface area (Å²) in [6.07, 6.45) is 14.1. The van der Waals surface area contributed by atoms with Crippen LogP contribution in [-0.4, -0.2) is 32.3 Å². The molecule has 0 atom stereocenters. The van der Waals surface area contributed by atoms with E-state index in [1.54, 1.807) is 20.8 Å². The molecule has 0 N–H and O–H groups in total. The van der Waals surface area contributed by atoms with Crippen LogP contribution >= 0.6 is 0 Å². The average molecular weight is 593 g/mol. The zero-order valence-electron chi connectivity index (χ0n) is 20.8. The molecule has 0 bridgehead atoms. The van der Waals surface area contributed by atoms with Gasteiger partial charge in [0.05, 0.1) is 0 Å². The molecule has 2 aliphatic rings. The van der Waals surface area contributed by atoms with Crippen molar-refractivity contribution in [3.05, 3.63) is 45.1 Å². The first-order valence-electron chi connectivity index (χ1n) is 10.1. The quantitative estimate of drug-likeness (QED) is 0.232. The summed E-state index contributed by atoms with van der Waals surface area (Å²) in [6.45, 7) is 29.2. The molecule has 0 aromatic carbocycles. The first-order valence-corrected chi connectivity index (χ1v) is 24.1. The molecule has 0 spiro atoms. The van der Waals surface area contributed by atoms with Gasteiger partial charge in [0.25, 0.3) is 0 Å². The zero-order valence-corrected chi connectivity index (χ0v) is 25.6. The molecule has 0 unspecified atom stereocenters. The second-order valence-corrected chi connectivity index (χ2v) is 31.8. The van der Waals surface area contributed by atoms with Crippen LogP contribution in [0.5, 0.6) is 0 Å². The summed E-state index contributed by atoms with van der Waals surface area (Å²) < 4.78 is 0. The van der Waals surface area contributed by atoms with Crippen LogP contribution in [0.25, 0.3) is 0 Å². The number of rotatable bonds is 4. The summed E-state index contributed by atoms with van der Waals surface area (Å²) in [5.74, 6) is 0. The summed E-state index contributed by atoms with van der Waals surface area (Å²) >= 11 is 0. The maximum absolute atomic E-state index is 3.57. The fraction of sp³-hybridized carbons (Fsp3) is 0.636. The van der Waals surface area contributed by atoms with Gasteiger partial charge in [-0.25, -0.2) is 20.8 Å². The van der Waals surface area contributed by atoms with Gasteiger partial charge in [0.15, 0.2) is 0 Å². The maximum Gasteiger partial charge on any atom is 2.00 e. The Morgan fingerprint density at radius 3 is 0.963 bits per heavy atom. The zero-order chi connectivity index (χ0) is 20.6. The van der Waals surface area contributed by atoms with E-state index in [2.05, 4.69) is 103 Å². The van der Waals surface area contributed by atoms with Gasteiger partial charge >= 0.3 is 46.9 Å². The fourth-order valence-corrected chi connectivity index (χ4v) is 14.3. The summed E-state index contributed by atoms with van der Waals surface area (Å²) in [7, 11) is -4.45. The third-order valence-electron chi connectivity index (χ3n) is 4.82. The van der Waals surface area contributed by atoms with E-state index in [0.717, 1.165) is 12.8 Å². The smallest absolute Gasteiger partial charge is 1.00 e. The van der Waals surface area contributed by atoms with E-state index in [1.165, 1.54) is 0 Å². The molecule has 0 nitrogen and oxygen atoms in total. The van der Waals surface area contributed by atoms with E-state index in [-0.39, 0.29) is 48.4 Å². The van der Waals surface area contributed by atoms with Gasteiger partial charge in [0.1, 0.15) is 0 Å². The predicted octanol–water partition coefficient (Wildman–Crippen LogP) is 7.71. The number of allylic oxidation sites excluding steroid dienone is 8. The summed E-state index contributed by atoms with van der Waals surface area (Å²) in [4.78, 5) is 0. The van der Waals surface area contributed by atoms with Crippen LogP contribution in [0.15, 0.2) is 32.9 Å². The molecule has 0 radical (unpaired) electrons. The second-order valence-electron chi connectivity index (χ2n) is 11.7. The SMILES string of the molecule is C[Si](C)(C)C1=[C-]CC=C1[Si](C)(C)C.C[Si](C)(C)C1=[C-]CC=C1[Si](C)(C)C.[H-].[Yb+2]. The maximum atomic E-state index is 3.57. The van der Waals surface area contributed by atoms with Gasteiger partial charge in [0, 0.05) is 16.1 Å². The van der Waals surface area contributed by atoms with Gasteiger partial charge in [-0.3, -0.25) is 12.2 Å². The van der Waals surface area contributed by atoms with Gasteiger partial charge in [-0.2, -0.15) is 12.2 Å². The third-order valence-corrected chi connectivity index (χ3v) is 13.4. The van der Waals surface area contributed by atoms with E-state index in [9.17, 15) is 0 Å². The number of hydrogen-bond donors (Lipinski definition) is 0. The Kier molecular flexibility index (Phi) is 10.6. The molecule has 0 aromatic rings. The summed E-state index contributed by atoms with van der Waals surface area (Å²) in [5, 5.41) is 6.61. The van der Waals surface area contributed by atoms with Crippen molar-refractivity contribution in [2.24, 2.45) is 0 Å². The van der Waals surface area contributed by atoms with Crippen LogP contribution < -0.4 is 0 Å². The van der Waals surface area contributed by atoms with Crippen molar-refractivity contribution in [3.63, 3.8) is 0 Å². The van der Waals surface area contributed by atoms with E-state index < -0.39 is 32.3 Å². The van der Waals surface area contributed by atoms with Gasteiger partial charge in [0.2, 0.25) is 0 Å². The van der Waals surface area contributed by atoms with Crippen LogP contribution in [0.2, 0.25) is 78.6 Å². The molecule has 0 fully saturated rings. The molecule has 27 heavy (non-hydrogen) atoms. The van der Waals surface area contributed by atoms with E-state index >= 15 is 0 Å². The Morgan fingerprint density at radius 2 is 0.815 bits per heavy atom. The monoisotopic (exact) mass is 593 g/mol. The summed E-state index contributed by atoms with van der Waals surface area (Å²) in [6, 6.07) is 0. The second kappa shape index (κ2) is 10.1. The van der Waals surface area contributed by atoms with Gasteiger partial charge in [-0.15, -0.1) is 12.8 Å². The van der Waals surface area contributed by atoms with Crippen molar-refractivity contribution in [1.29, 1.82) is 0 Å². The topological polar surface area (TPSA) is 0 Å². The van der Waals surface area contributed by atoms with Gasteiger partial charge in [-0.05, 0) is 16.1 Å². The molecule has 0 heterocycles. The Labute approximate surface area is 214 Å². The Bertz CT molecular complexity index is 532. The van der Waals surface area contributed by atoms with Crippen molar-refractivity contribution in [1.82, 2.24) is 0 Å². The van der Waals surface area contributed by atoms with Crippen LogP contribution in [-0.2, 0) is 0 Å². The molecule has 0 saturated carbocycles. The largest absolute Gasteiger partial charge is 2.00 e. The standard InChI is InChI=1S/2C11H21Si2.Yb.H/c2*1-12(2,3)10-8-7-9-11(10)13(4,5)6;;/h2*8H,7H2,1-6H3;;/q2*-1;+2;-1. The Hall–Kier alpha value is 1.35. The molecule has 0 amide bonds. The van der Waals surface area contributed by atoms with Crippen LogP contribution in [0.1, 0.15) is 14.3 Å². The predicted molar refractivity (Wildman–Crippen MR) is 133 cm³/mol. The Morgan fingerprint density at radius 1 is 0.556 bits per heavy atom. The molecule has 0 aliphatic heterocycles. The van der Waals surface area contributed by atoms with Gasteiger partial charge in [-0.1, -0.05) is 78.6 Å². The first kappa shape index (κ1) is 28.3. The first-order chi connectivity index (χ1) is 11.5. The third kappa shape index (κ3) is 8.54. The Balaban J connectivity index is 0. The molecule has 2 aliphatic carbocycles. The molecule has 2 rings (SSSR count). The van der Waals surface area contributed by atoms with Crippen LogP contribution in [0.4, 0.5) is 0 Å². The minimum atomic E-state index is -1.13. The normalized spacial score (nSPS) is 17.9. The van der Waals surface area contributed by atoms with Crippen molar-refractivity contribution < 1.29 is 48.4 Å². The van der Waals surface area contributed by atoms with Crippen LogP contribution in [0.3, 0.4) is 0 Å².